The summed E-state index contributed by atoms with van der Waals surface area (Å²) in [4.78, 5) is 17.9. The Morgan fingerprint density at radius 2 is 2.10 bits per heavy atom. The summed E-state index contributed by atoms with van der Waals surface area (Å²) >= 11 is 0. The number of carbonyl (C=O) groups is 1. The summed E-state index contributed by atoms with van der Waals surface area (Å²) in [6.45, 7) is 0. The summed E-state index contributed by atoms with van der Waals surface area (Å²) in [6, 6.07) is 6.91. The molecule has 0 bridgehead atoms. The van der Waals surface area contributed by atoms with Gasteiger partial charge in [0, 0.05) is 25.9 Å². The number of amides is 1. The molecule has 0 unspecified atom stereocenters. The third-order valence-corrected chi connectivity index (χ3v) is 2.70. The SMILES string of the molecule is CN(C)c1cc(C(=O)Nc2c(O)cccc2F)ccn1. The number of anilines is 2. The van der Waals surface area contributed by atoms with E-state index >= 15 is 0 Å². The highest BCUT2D eigenvalue weighted by atomic mass is 19.1. The number of carbonyl (C=O) groups excluding carboxylic acids is 1. The number of para-hydroxylation sites is 1. The predicted octanol–water partition coefficient (Wildman–Crippen LogP) is 2.24. The van der Waals surface area contributed by atoms with Gasteiger partial charge in [-0.25, -0.2) is 9.37 Å². The van der Waals surface area contributed by atoms with Crippen LogP contribution < -0.4 is 10.2 Å². The highest BCUT2D eigenvalue weighted by Crippen LogP contribution is 2.26. The molecule has 0 aliphatic rings. The van der Waals surface area contributed by atoms with E-state index in [0.29, 0.717) is 11.4 Å². The minimum atomic E-state index is -0.694. The fraction of sp³-hybridized carbons (Fsp3) is 0.143. The number of nitrogens with zero attached hydrogens (tertiary/aromatic N) is 2. The average Bonchev–Trinajstić information content (AvgIpc) is 2.43. The molecule has 1 heterocycles. The molecule has 6 heteroatoms. The Hall–Kier alpha value is -2.63. The van der Waals surface area contributed by atoms with E-state index in [1.807, 2.05) is 0 Å². The average molecular weight is 275 g/mol. The van der Waals surface area contributed by atoms with Gasteiger partial charge in [0.05, 0.1) is 0 Å². The molecule has 2 rings (SSSR count). The first-order valence-corrected chi connectivity index (χ1v) is 5.91. The van der Waals surface area contributed by atoms with Crippen LogP contribution in [-0.2, 0) is 0 Å². The maximum absolute atomic E-state index is 13.5. The van der Waals surface area contributed by atoms with Gasteiger partial charge < -0.3 is 15.3 Å². The van der Waals surface area contributed by atoms with E-state index in [-0.39, 0.29) is 11.4 Å². The monoisotopic (exact) mass is 275 g/mol. The number of benzene rings is 1. The molecule has 2 aromatic rings. The predicted molar refractivity (Wildman–Crippen MR) is 74.6 cm³/mol. The van der Waals surface area contributed by atoms with Crippen LogP contribution in [0.5, 0.6) is 5.75 Å². The summed E-state index contributed by atoms with van der Waals surface area (Å²) < 4.78 is 13.5. The number of rotatable bonds is 3. The fourth-order valence-corrected chi connectivity index (χ4v) is 1.63. The Morgan fingerprint density at radius 1 is 1.35 bits per heavy atom. The number of phenolic OH excluding ortho intramolecular Hbond substituents is 1. The number of phenols is 1. The van der Waals surface area contributed by atoms with Gasteiger partial charge in [-0.2, -0.15) is 0 Å². The molecule has 0 aliphatic carbocycles. The molecule has 20 heavy (non-hydrogen) atoms. The van der Waals surface area contributed by atoms with Gasteiger partial charge in [0.25, 0.3) is 5.91 Å². The zero-order chi connectivity index (χ0) is 14.7. The van der Waals surface area contributed by atoms with Crippen molar-refractivity contribution in [3.8, 4) is 5.75 Å². The van der Waals surface area contributed by atoms with Gasteiger partial charge in [0.15, 0.2) is 5.82 Å². The molecule has 1 aromatic heterocycles. The van der Waals surface area contributed by atoms with Crippen molar-refractivity contribution in [3.63, 3.8) is 0 Å². The molecule has 1 aromatic carbocycles. The van der Waals surface area contributed by atoms with E-state index in [0.717, 1.165) is 6.07 Å². The summed E-state index contributed by atoms with van der Waals surface area (Å²) in [6.07, 6.45) is 1.49. The Kier molecular flexibility index (Phi) is 3.84. The van der Waals surface area contributed by atoms with Crippen LogP contribution in [0, 0.1) is 5.82 Å². The van der Waals surface area contributed by atoms with Crippen LogP contribution in [0.3, 0.4) is 0 Å². The van der Waals surface area contributed by atoms with Gasteiger partial charge in [-0.1, -0.05) is 6.07 Å². The lowest BCUT2D eigenvalue weighted by Gasteiger charge is -2.12. The Labute approximate surface area is 115 Å². The number of hydrogen-bond acceptors (Lipinski definition) is 4. The lowest BCUT2D eigenvalue weighted by atomic mass is 10.2. The summed E-state index contributed by atoms with van der Waals surface area (Å²) in [5, 5.41) is 11.9. The maximum atomic E-state index is 13.5. The van der Waals surface area contributed by atoms with Crippen molar-refractivity contribution in [1.29, 1.82) is 0 Å². The van der Waals surface area contributed by atoms with Crippen molar-refractivity contribution in [3.05, 3.63) is 47.9 Å². The molecule has 0 radical (unpaired) electrons. The second-order valence-electron chi connectivity index (χ2n) is 4.39. The number of aromatic nitrogens is 1. The molecule has 2 N–H and O–H groups in total. The normalized spacial score (nSPS) is 10.2. The van der Waals surface area contributed by atoms with E-state index < -0.39 is 11.7 Å². The van der Waals surface area contributed by atoms with Crippen molar-refractivity contribution in [2.45, 2.75) is 0 Å². The van der Waals surface area contributed by atoms with Gasteiger partial charge in [-0.15, -0.1) is 0 Å². The molecule has 0 fully saturated rings. The molecule has 0 saturated heterocycles. The molecule has 0 aliphatic heterocycles. The minimum absolute atomic E-state index is 0.235. The summed E-state index contributed by atoms with van der Waals surface area (Å²) in [7, 11) is 3.60. The van der Waals surface area contributed by atoms with Gasteiger partial charge in [0.1, 0.15) is 17.3 Å². The maximum Gasteiger partial charge on any atom is 0.256 e. The quantitative estimate of drug-likeness (QED) is 0.843. The Bertz CT molecular complexity index is 624. The van der Waals surface area contributed by atoms with Gasteiger partial charge in [-0.3, -0.25) is 4.79 Å². The first-order chi connectivity index (χ1) is 9.49. The van der Waals surface area contributed by atoms with Crippen LogP contribution in [0.25, 0.3) is 0 Å². The highest BCUT2D eigenvalue weighted by Gasteiger charge is 2.13. The Balaban J connectivity index is 2.26. The molecule has 104 valence electrons. The molecule has 0 atom stereocenters. The summed E-state index contributed by atoms with van der Waals surface area (Å²) in [5.74, 6) is -0.924. The van der Waals surface area contributed by atoms with Crippen LogP contribution in [0.4, 0.5) is 15.9 Å². The fourth-order valence-electron chi connectivity index (χ4n) is 1.63. The van der Waals surface area contributed by atoms with Crippen molar-refractivity contribution in [2.24, 2.45) is 0 Å². The van der Waals surface area contributed by atoms with Crippen LogP contribution in [0.1, 0.15) is 10.4 Å². The Morgan fingerprint density at radius 3 is 2.75 bits per heavy atom. The van der Waals surface area contributed by atoms with E-state index in [1.165, 1.54) is 24.4 Å². The number of pyridine rings is 1. The molecular weight excluding hydrogens is 261 g/mol. The zero-order valence-corrected chi connectivity index (χ0v) is 11.1. The lowest BCUT2D eigenvalue weighted by molar-refractivity contribution is 0.102. The van der Waals surface area contributed by atoms with Crippen molar-refractivity contribution >= 4 is 17.4 Å². The molecule has 0 saturated carbocycles. The molecular formula is C14H14FN3O2. The number of hydrogen-bond donors (Lipinski definition) is 2. The lowest BCUT2D eigenvalue weighted by Crippen LogP contribution is -2.16. The van der Waals surface area contributed by atoms with Crippen LogP contribution >= 0.6 is 0 Å². The number of nitrogens with one attached hydrogen (secondary N) is 1. The second kappa shape index (κ2) is 5.56. The van der Waals surface area contributed by atoms with E-state index in [9.17, 15) is 14.3 Å². The third kappa shape index (κ3) is 2.85. The van der Waals surface area contributed by atoms with Crippen molar-refractivity contribution < 1.29 is 14.3 Å². The second-order valence-corrected chi connectivity index (χ2v) is 4.39. The number of halogens is 1. The van der Waals surface area contributed by atoms with E-state index in [4.69, 9.17) is 0 Å². The topological polar surface area (TPSA) is 65.5 Å². The van der Waals surface area contributed by atoms with Gasteiger partial charge in [-0.05, 0) is 24.3 Å². The van der Waals surface area contributed by atoms with Gasteiger partial charge in [0.2, 0.25) is 0 Å². The standard InChI is InChI=1S/C14H14FN3O2/c1-18(2)12-8-9(6-7-16-12)14(20)17-13-10(15)4-3-5-11(13)19/h3-8,19H,1-2H3,(H,17,20). The minimum Gasteiger partial charge on any atom is -0.506 e. The van der Waals surface area contributed by atoms with Crippen molar-refractivity contribution in [1.82, 2.24) is 4.98 Å². The first-order valence-electron chi connectivity index (χ1n) is 5.91. The zero-order valence-electron chi connectivity index (χ0n) is 11.1. The van der Waals surface area contributed by atoms with E-state index in [2.05, 4.69) is 10.3 Å². The van der Waals surface area contributed by atoms with Crippen LogP contribution in [-0.4, -0.2) is 30.1 Å². The van der Waals surface area contributed by atoms with Gasteiger partial charge >= 0.3 is 0 Å². The largest absolute Gasteiger partial charge is 0.506 e. The van der Waals surface area contributed by atoms with Crippen LogP contribution in [0.2, 0.25) is 0 Å². The molecule has 0 spiro atoms. The molecule has 5 nitrogen and oxygen atoms in total. The third-order valence-electron chi connectivity index (χ3n) is 2.70. The first kappa shape index (κ1) is 13.8. The molecule has 1 amide bonds. The van der Waals surface area contributed by atoms with Crippen LogP contribution in [0.15, 0.2) is 36.5 Å². The smallest absolute Gasteiger partial charge is 0.256 e. The van der Waals surface area contributed by atoms with E-state index in [1.54, 1.807) is 25.1 Å². The van der Waals surface area contributed by atoms with Crippen molar-refractivity contribution in [2.75, 3.05) is 24.3 Å². The highest BCUT2D eigenvalue weighted by molar-refractivity contribution is 6.05. The number of aromatic hydroxyl groups is 1. The summed E-state index contributed by atoms with van der Waals surface area (Å²) in [5.41, 5.74) is 0.0899.